The van der Waals surface area contributed by atoms with Crippen LogP contribution in [0.5, 0.6) is 0 Å². The van der Waals surface area contributed by atoms with Gasteiger partial charge in [-0.05, 0) is 36.9 Å². The van der Waals surface area contributed by atoms with Crippen LogP contribution >= 0.6 is 23.4 Å². The van der Waals surface area contributed by atoms with Gasteiger partial charge in [0, 0.05) is 11.4 Å². The summed E-state index contributed by atoms with van der Waals surface area (Å²) in [6.07, 6.45) is 2.77. The minimum atomic E-state index is 0.0622. The Morgan fingerprint density at radius 2 is 2.00 bits per heavy atom. The summed E-state index contributed by atoms with van der Waals surface area (Å²) in [6.45, 7) is 5.19. The van der Waals surface area contributed by atoms with Crippen molar-refractivity contribution >= 4 is 23.4 Å². The van der Waals surface area contributed by atoms with Gasteiger partial charge in [-0.3, -0.25) is 4.68 Å². The highest BCUT2D eigenvalue weighted by Gasteiger charge is 2.20. The average Bonchev–Trinajstić information content (AvgIpc) is 2.84. The number of halogens is 1. The molecule has 114 valence electrons. The number of thioether (sulfide) groups is 1. The molecular formula is C16H22ClN3S. The van der Waals surface area contributed by atoms with Gasteiger partial charge in [-0.25, -0.2) is 0 Å². The highest BCUT2D eigenvalue weighted by atomic mass is 35.5. The largest absolute Gasteiger partial charge is 0.308 e. The number of hydrogen-bond donors (Lipinski definition) is 1. The number of nitrogens with zero attached hydrogens (tertiary/aromatic N) is 2. The molecule has 3 nitrogen and oxygen atoms in total. The van der Waals surface area contributed by atoms with Gasteiger partial charge in [0.2, 0.25) is 0 Å². The zero-order valence-electron chi connectivity index (χ0n) is 12.8. The smallest absolute Gasteiger partial charge is 0.0837 e. The van der Waals surface area contributed by atoms with E-state index in [4.69, 9.17) is 11.6 Å². The van der Waals surface area contributed by atoms with E-state index >= 15 is 0 Å². The van der Waals surface area contributed by atoms with E-state index in [0.29, 0.717) is 0 Å². The Kier molecular flexibility index (Phi) is 6.15. The van der Waals surface area contributed by atoms with Crippen molar-refractivity contribution in [2.45, 2.75) is 37.8 Å². The van der Waals surface area contributed by atoms with E-state index in [1.807, 2.05) is 23.5 Å². The van der Waals surface area contributed by atoms with Crippen LogP contribution in [0.15, 0.2) is 35.4 Å². The van der Waals surface area contributed by atoms with Crippen LogP contribution in [-0.4, -0.2) is 22.6 Å². The highest BCUT2D eigenvalue weighted by Crippen LogP contribution is 2.29. The highest BCUT2D eigenvalue weighted by molar-refractivity contribution is 7.99. The Bertz CT molecular complexity index is 565. The van der Waals surface area contributed by atoms with E-state index in [2.05, 4.69) is 48.5 Å². The first-order chi connectivity index (χ1) is 10.2. The first-order valence-corrected chi connectivity index (χ1v) is 8.68. The molecule has 0 saturated heterocycles. The third kappa shape index (κ3) is 3.82. The third-order valence-corrected chi connectivity index (χ3v) is 4.54. The molecule has 1 aromatic heterocycles. The Labute approximate surface area is 136 Å². The van der Waals surface area contributed by atoms with Crippen LogP contribution in [0.3, 0.4) is 0 Å². The van der Waals surface area contributed by atoms with Crippen molar-refractivity contribution in [3.63, 3.8) is 0 Å². The molecule has 1 atom stereocenters. The fraction of sp³-hybridized carbons (Fsp3) is 0.438. The molecule has 0 bridgehead atoms. The number of nitrogens with one attached hydrogen (secondary N) is 1. The second-order valence-electron chi connectivity index (χ2n) is 4.82. The third-order valence-electron chi connectivity index (χ3n) is 3.36. The standard InChI is InChI=1S/C16H22ClN3S/c1-4-10-20-16(14(17)11-19-20)15(18-3)12-6-8-13(9-7-12)21-5-2/h6-9,11,15,18H,4-5,10H2,1-3H3. The van der Waals surface area contributed by atoms with Crippen LogP contribution in [0.1, 0.15) is 37.6 Å². The van der Waals surface area contributed by atoms with E-state index < -0.39 is 0 Å². The summed E-state index contributed by atoms with van der Waals surface area (Å²) in [7, 11) is 1.96. The average molecular weight is 324 g/mol. The van der Waals surface area contributed by atoms with Crippen LogP contribution in [0.25, 0.3) is 0 Å². The Balaban J connectivity index is 2.32. The maximum absolute atomic E-state index is 6.36. The van der Waals surface area contributed by atoms with Gasteiger partial charge >= 0.3 is 0 Å². The molecular weight excluding hydrogens is 302 g/mol. The van der Waals surface area contributed by atoms with Crippen molar-refractivity contribution in [3.05, 3.63) is 46.7 Å². The quantitative estimate of drug-likeness (QED) is 0.767. The molecule has 1 unspecified atom stereocenters. The fourth-order valence-electron chi connectivity index (χ4n) is 2.43. The first kappa shape index (κ1) is 16.4. The maximum Gasteiger partial charge on any atom is 0.0837 e. The van der Waals surface area contributed by atoms with Crippen LogP contribution in [0, 0.1) is 0 Å². The number of rotatable bonds is 7. The zero-order valence-corrected chi connectivity index (χ0v) is 14.3. The van der Waals surface area contributed by atoms with E-state index in [9.17, 15) is 0 Å². The summed E-state index contributed by atoms with van der Waals surface area (Å²) < 4.78 is 2.00. The van der Waals surface area contributed by atoms with E-state index in [1.165, 1.54) is 10.5 Å². The molecule has 0 saturated carbocycles. The number of hydrogen-bond acceptors (Lipinski definition) is 3. The van der Waals surface area contributed by atoms with Gasteiger partial charge in [0.15, 0.2) is 0 Å². The molecule has 0 spiro atoms. The molecule has 1 aromatic carbocycles. The molecule has 2 rings (SSSR count). The number of aryl methyl sites for hydroxylation is 1. The lowest BCUT2D eigenvalue weighted by Gasteiger charge is -2.19. The fourth-order valence-corrected chi connectivity index (χ4v) is 3.35. The molecule has 0 fully saturated rings. The van der Waals surface area contributed by atoms with Gasteiger partial charge in [-0.2, -0.15) is 5.10 Å². The molecule has 2 aromatic rings. The predicted molar refractivity (Wildman–Crippen MR) is 91.3 cm³/mol. The normalized spacial score (nSPS) is 12.6. The number of benzene rings is 1. The predicted octanol–water partition coefficient (Wildman–Crippen LogP) is 4.37. The summed E-state index contributed by atoms with van der Waals surface area (Å²) in [5.74, 6) is 1.09. The summed E-state index contributed by atoms with van der Waals surface area (Å²) in [6, 6.07) is 8.73. The molecule has 0 radical (unpaired) electrons. The van der Waals surface area contributed by atoms with Crippen molar-refractivity contribution < 1.29 is 0 Å². The van der Waals surface area contributed by atoms with Gasteiger partial charge in [-0.15, -0.1) is 11.8 Å². The minimum Gasteiger partial charge on any atom is -0.308 e. The van der Waals surface area contributed by atoms with Gasteiger partial charge in [-0.1, -0.05) is 37.6 Å². The molecule has 1 N–H and O–H groups in total. The molecule has 0 aliphatic rings. The summed E-state index contributed by atoms with van der Waals surface area (Å²) >= 11 is 8.21. The molecule has 0 amide bonds. The minimum absolute atomic E-state index is 0.0622. The van der Waals surface area contributed by atoms with Crippen LogP contribution in [0.4, 0.5) is 0 Å². The van der Waals surface area contributed by atoms with E-state index in [1.54, 1.807) is 6.20 Å². The lowest BCUT2D eigenvalue weighted by molar-refractivity contribution is 0.534. The Morgan fingerprint density at radius 3 is 2.57 bits per heavy atom. The Hall–Kier alpha value is -0.970. The van der Waals surface area contributed by atoms with Crippen LogP contribution in [-0.2, 0) is 6.54 Å². The van der Waals surface area contributed by atoms with E-state index in [-0.39, 0.29) is 6.04 Å². The maximum atomic E-state index is 6.36. The Morgan fingerprint density at radius 1 is 1.29 bits per heavy atom. The SMILES string of the molecule is CCCn1ncc(Cl)c1C(NC)c1ccc(SCC)cc1. The lowest BCUT2D eigenvalue weighted by Crippen LogP contribution is -2.22. The molecule has 21 heavy (non-hydrogen) atoms. The molecule has 0 aliphatic carbocycles. The second kappa shape index (κ2) is 7.87. The molecule has 1 heterocycles. The van der Waals surface area contributed by atoms with E-state index in [0.717, 1.165) is 29.4 Å². The van der Waals surface area contributed by atoms with Crippen molar-refractivity contribution in [1.82, 2.24) is 15.1 Å². The van der Waals surface area contributed by atoms with Gasteiger partial charge in [0.05, 0.1) is 23.0 Å². The van der Waals surface area contributed by atoms with Gasteiger partial charge < -0.3 is 5.32 Å². The topological polar surface area (TPSA) is 29.9 Å². The van der Waals surface area contributed by atoms with Crippen molar-refractivity contribution in [2.75, 3.05) is 12.8 Å². The summed E-state index contributed by atoms with van der Waals surface area (Å²) in [5.41, 5.74) is 2.25. The monoisotopic (exact) mass is 323 g/mol. The van der Waals surface area contributed by atoms with Crippen LogP contribution in [0.2, 0.25) is 5.02 Å². The first-order valence-electron chi connectivity index (χ1n) is 7.32. The summed E-state index contributed by atoms with van der Waals surface area (Å²) in [5, 5.41) is 8.46. The molecule has 5 heteroatoms. The van der Waals surface area contributed by atoms with Crippen molar-refractivity contribution in [1.29, 1.82) is 0 Å². The molecule has 0 aliphatic heterocycles. The van der Waals surface area contributed by atoms with Crippen molar-refractivity contribution in [3.8, 4) is 0 Å². The van der Waals surface area contributed by atoms with Gasteiger partial charge in [0.25, 0.3) is 0 Å². The van der Waals surface area contributed by atoms with Crippen LogP contribution < -0.4 is 5.32 Å². The summed E-state index contributed by atoms with van der Waals surface area (Å²) in [4.78, 5) is 1.30. The lowest BCUT2D eigenvalue weighted by atomic mass is 10.0. The second-order valence-corrected chi connectivity index (χ2v) is 6.57. The van der Waals surface area contributed by atoms with Crippen molar-refractivity contribution in [2.24, 2.45) is 0 Å². The zero-order chi connectivity index (χ0) is 15.2. The van der Waals surface area contributed by atoms with Gasteiger partial charge in [0.1, 0.15) is 0 Å². The number of aromatic nitrogens is 2.